The number of imidazole rings is 1. The lowest BCUT2D eigenvalue weighted by atomic mass is 9.88. The molecule has 0 spiro atoms. The molecule has 0 unspecified atom stereocenters. The van der Waals surface area contributed by atoms with Crippen molar-refractivity contribution in [3.8, 4) is 0 Å². The summed E-state index contributed by atoms with van der Waals surface area (Å²) in [7, 11) is 0. The molecule has 0 radical (unpaired) electrons. The number of carboxylic acids is 1. The normalized spacial score (nSPS) is 11.9. The van der Waals surface area contributed by atoms with Gasteiger partial charge in [0.1, 0.15) is 5.82 Å². The number of pyridine rings is 1. The van der Waals surface area contributed by atoms with E-state index in [1.807, 2.05) is 36.6 Å². The minimum absolute atomic E-state index is 0.0932. The van der Waals surface area contributed by atoms with E-state index in [2.05, 4.69) is 4.98 Å². The third-order valence-corrected chi connectivity index (χ3v) is 3.13. The molecule has 0 aromatic carbocycles. The largest absolute Gasteiger partial charge is 0.476 e. The Hall–Kier alpha value is -1.88. The summed E-state index contributed by atoms with van der Waals surface area (Å²) in [5, 5.41) is 9.19. The van der Waals surface area contributed by atoms with Gasteiger partial charge in [0.15, 0.2) is 5.69 Å². The second-order valence-electron chi connectivity index (χ2n) is 4.97. The van der Waals surface area contributed by atoms with E-state index in [9.17, 15) is 9.90 Å². The minimum Gasteiger partial charge on any atom is -0.476 e. The van der Waals surface area contributed by atoms with Crippen LogP contribution in [0.1, 0.15) is 36.6 Å². The fourth-order valence-corrected chi connectivity index (χ4v) is 2.15. The first-order valence-electron chi connectivity index (χ1n) is 5.88. The summed E-state index contributed by atoms with van der Waals surface area (Å²) in [6, 6.07) is 5.43. The Morgan fingerprint density at radius 1 is 1.50 bits per heavy atom. The summed E-state index contributed by atoms with van der Waals surface area (Å²) in [5.41, 5.74) is 6.06. The summed E-state index contributed by atoms with van der Waals surface area (Å²) in [4.78, 5) is 15.5. The highest BCUT2D eigenvalue weighted by atomic mass is 16.4. The van der Waals surface area contributed by atoms with E-state index < -0.39 is 5.97 Å². The van der Waals surface area contributed by atoms with Gasteiger partial charge < -0.3 is 15.2 Å². The van der Waals surface area contributed by atoms with Gasteiger partial charge in [0.05, 0.1) is 5.52 Å². The molecule has 0 fully saturated rings. The zero-order valence-corrected chi connectivity index (χ0v) is 10.6. The Bertz CT molecular complexity index is 587. The van der Waals surface area contributed by atoms with E-state index in [1.165, 1.54) is 0 Å². The SMILES string of the molecule is CC(C)(CCN)c1nc(C(=O)O)c2ccccn12. The maximum atomic E-state index is 11.2. The van der Waals surface area contributed by atoms with Crippen molar-refractivity contribution in [2.75, 3.05) is 6.54 Å². The third kappa shape index (κ3) is 1.97. The third-order valence-electron chi connectivity index (χ3n) is 3.13. The Balaban J connectivity index is 2.69. The number of fused-ring (bicyclic) bond motifs is 1. The van der Waals surface area contributed by atoms with Crippen LogP contribution in [0.25, 0.3) is 5.52 Å². The summed E-state index contributed by atoms with van der Waals surface area (Å²) in [6.07, 6.45) is 2.59. The summed E-state index contributed by atoms with van der Waals surface area (Å²) < 4.78 is 1.83. The van der Waals surface area contributed by atoms with Gasteiger partial charge in [-0.15, -0.1) is 0 Å². The van der Waals surface area contributed by atoms with Crippen LogP contribution < -0.4 is 5.73 Å². The molecule has 2 rings (SSSR count). The Morgan fingerprint density at radius 2 is 2.22 bits per heavy atom. The van der Waals surface area contributed by atoms with Crippen molar-refractivity contribution in [2.45, 2.75) is 25.7 Å². The number of aromatic carboxylic acids is 1. The molecule has 0 bridgehead atoms. The van der Waals surface area contributed by atoms with E-state index in [0.717, 1.165) is 12.2 Å². The van der Waals surface area contributed by atoms with Gasteiger partial charge in [-0.1, -0.05) is 19.9 Å². The Morgan fingerprint density at radius 3 is 2.83 bits per heavy atom. The van der Waals surface area contributed by atoms with Crippen molar-refractivity contribution in [3.05, 3.63) is 35.9 Å². The Labute approximate surface area is 105 Å². The molecule has 0 atom stereocenters. The van der Waals surface area contributed by atoms with Crippen LogP contribution in [0.3, 0.4) is 0 Å². The van der Waals surface area contributed by atoms with Crippen molar-refractivity contribution in [1.29, 1.82) is 0 Å². The lowest BCUT2D eigenvalue weighted by Crippen LogP contribution is -2.24. The van der Waals surface area contributed by atoms with Gasteiger partial charge in [0.2, 0.25) is 0 Å². The lowest BCUT2D eigenvalue weighted by molar-refractivity contribution is 0.0693. The molecule has 0 aliphatic rings. The molecule has 2 aromatic rings. The molecule has 0 saturated carbocycles. The predicted molar refractivity (Wildman–Crippen MR) is 68.8 cm³/mol. The molecule has 2 heterocycles. The van der Waals surface area contributed by atoms with Gasteiger partial charge in [0.25, 0.3) is 0 Å². The molecule has 3 N–H and O–H groups in total. The second-order valence-corrected chi connectivity index (χ2v) is 4.97. The van der Waals surface area contributed by atoms with Crippen LogP contribution >= 0.6 is 0 Å². The van der Waals surface area contributed by atoms with Gasteiger partial charge in [-0.3, -0.25) is 0 Å². The first-order valence-corrected chi connectivity index (χ1v) is 5.88. The topological polar surface area (TPSA) is 80.6 Å². The van der Waals surface area contributed by atoms with Crippen LogP contribution in [0.15, 0.2) is 24.4 Å². The van der Waals surface area contributed by atoms with Gasteiger partial charge in [-0.25, -0.2) is 9.78 Å². The average molecular weight is 247 g/mol. The average Bonchev–Trinajstić information content (AvgIpc) is 2.69. The van der Waals surface area contributed by atoms with Crippen molar-refractivity contribution in [3.63, 3.8) is 0 Å². The van der Waals surface area contributed by atoms with Crippen molar-refractivity contribution >= 4 is 11.5 Å². The number of carbonyl (C=O) groups is 1. The number of hydrogen-bond donors (Lipinski definition) is 2. The number of hydrogen-bond acceptors (Lipinski definition) is 3. The number of aromatic nitrogens is 2. The first-order chi connectivity index (χ1) is 8.47. The highest BCUT2D eigenvalue weighted by Gasteiger charge is 2.28. The standard InChI is InChI=1S/C13H17N3O2/c1-13(2,6-7-14)12-15-10(11(17)18)9-5-3-4-8-16(9)12/h3-5,8H,6-7,14H2,1-2H3,(H,17,18). The highest BCUT2D eigenvalue weighted by molar-refractivity contribution is 5.93. The van der Waals surface area contributed by atoms with Crippen LogP contribution in [0, 0.1) is 0 Å². The molecule has 5 nitrogen and oxygen atoms in total. The predicted octanol–water partition coefficient (Wildman–Crippen LogP) is 1.66. The van der Waals surface area contributed by atoms with E-state index >= 15 is 0 Å². The first kappa shape index (κ1) is 12.6. The molecule has 2 aromatic heterocycles. The monoisotopic (exact) mass is 247 g/mol. The molecular formula is C13H17N3O2. The number of carboxylic acid groups (broad SMARTS) is 1. The van der Waals surface area contributed by atoms with E-state index in [4.69, 9.17) is 5.73 Å². The van der Waals surface area contributed by atoms with E-state index in [0.29, 0.717) is 12.1 Å². The molecule has 18 heavy (non-hydrogen) atoms. The quantitative estimate of drug-likeness (QED) is 0.861. The van der Waals surface area contributed by atoms with Gasteiger partial charge in [-0.05, 0) is 25.1 Å². The second kappa shape index (κ2) is 4.42. The minimum atomic E-state index is -1.01. The fraction of sp³-hybridized carbons (Fsp3) is 0.385. The Kier molecular flexibility index (Phi) is 3.09. The molecule has 0 saturated heterocycles. The smallest absolute Gasteiger partial charge is 0.356 e. The van der Waals surface area contributed by atoms with Crippen LogP contribution in [0.4, 0.5) is 0 Å². The lowest BCUT2D eigenvalue weighted by Gasteiger charge is -2.22. The van der Waals surface area contributed by atoms with Crippen LogP contribution in [0.2, 0.25) is 0 Å². The van der Waals surface area contributed by atoms with E-state index in [-0.39, 0.29) is 11.1 Å². The number of rotatable bonds is 4. The molecule has 5 heteroatoms. The summed E-state index contributed by atoms with van der Waals surface area (Å²) in [6.45, 7) is 4.58. The zero-order valence-electron chi connectivity index (χ0n) is 10.6. The maximum absolute atomic E-state index is 11.2. The van der Waals surface area contributed by atoms with Crippen molar-refractivity contribution < 1.29 is 9.90 Å². The number of nitrogens with two attached hydrogens (primary N) is 1. The molecule has 96 valence electrons. The van der Waals surface area contributed by atoms with E-state index in [1.54, 1.807) is 6.07 Å². The molecular weight excluding hydrogens is 230 g/mol. The van der Waals surface area contributed by atoms with Gasteiger partial charge >= 0.3 is 5.97 Å². The highest BCUT2D eigenvalue weighted by Crippen LogP contribution is 2.27. The molecule has 0 aliphatic heterocycles. The fourth-order valence-electron chi connectivity index (χ4n) is 2.15. The molecule has 0 amide bonds. The van der Waals surface area contributed by atoms with Gasteiger partial charge in [0, 0.05) is 11.6 Å². The summed E-state index contributed by atoms with van der Waals surface area (Å²) >= 11 is 0. The maximum Gasteiger partial charge on any atom is 0.356 e. The summed E-state index contributed by atoms with van der Waals surface area (Å²) in [5.74, 6) is -0.269. The van der Waals surface area contributed by atoms with Crippen LogP contribution in [-0.2, 0) is 5.41 Å². The van der Waals surface area contributed by atoms with Crippen molar-refractivity contribution in [1.82, 2.24) is 9.38 Å². The zero-order chi connectivity index (χ0) is 13.3. The molecule has 0 aliphatic carbocycles. The number of nitrogens with zero attached hydrogens (tertiary/aromatic N) is 2. The van der Waals surface area contributed by atoms with Gasteiger partial charge in [-0.2, -0.15) is 0 Å². The van der Waals surface area contributed by atoms with Crippen LogP contribution in [0.5, 0.6) is 0 Å². The van der Waals surface area contributed by atoms with Crippen LogP contribution in [-0.4, -0.2) is 27.0 Å². The van der Waals surface area contributed by atoms with Crippen molar-refractivity contribution in [2.24, 2.45) is 5.73 Å².